The summed E-state index contributed by atoms with van der Waals surface area (Å²) in [6.07, 6.45) is 2.01. The molecular weight excluding hydrogens is 256 g/mol. The Morgan fingerprint density at radius 3 is 2.42 bits per heavy atom. The van der Waals surface area contributed by atoms with Crippen LogP contribution < -0.4 is 10.6 Å². The molecule has 0 aliphatic carbocycles. The van der Waals surface area contributed by atoms with Crippen molar-refractivity contribution in [3.63, 3.8) is 0 Å². The van der Waals surface area contributed by atoms with E-state index in [2.05, 4.69) is 10.6 Å². The Hall–Kier alpha value is -1.94. The third-order valence-corrected chi connectivity index (χ3v) is 3.49. The Morgan fingerprint density at radius 2 is 1.79 bits per heavy atom. The van der Waals surface area contributed by atoms with Gasteiger partial charge in [-0.3, -0.25) is 4.79 Å². The molecule has 0 spiro atoms. The van der Waals surface area contributed by atoms with Crippen LogP contribution in [0.2, 0.25) is 0 Å². The van der Waals surface area contributed by atoms with E-state index in [1.165, 1.54) is 0 Å². The second-order valence-electron chi connectivity index (χ2n) is 4.01. The lowest BCUT2D eigenvalue weighted by Gasteiger charge is -2.07. The molecule has 1 amide bonds. The van der Waals surface area contributed by atoms with Crippen molar-refractivity contribution >= 4 is 29.0 Å². The van der Waals surface area contributed by atoms with Crippen molar-refractivity contribution in [1.29, 1.82) is 0 Å². The Balaban J connectivity index is 2.11. The molecule has 19 heavy (non-hydrogen) atoms. The van der Waals surface area contributed by atoms with Gasteiger partial charge in [0.25, 0.3) is 5.91 Å². The van der Waals surface area contributed by atoms with Crippen LogP contribution in [0.1, 0.15) is 10.4 Å². The van der Waals surface area contributed by atoms with Gasteiger partial charge in [0, 0.05) is 28.9 Å². The maximum atomic E-state index is 12.1. The van der Waals surface area contributed by atoms with Crippen LogP contribution in [0.4, 0.5) is 11.4 Å². The number of amides is 1. The van der Waals surface area contributed by atoms with E-state index in [1.54, 1.807) is 23.9 Å². The number of benzene rings is 2. The Kier molecular flexibility index (Phi) is 4.47. The van der Waals surface area contributed by atoms with Gasteiger partial charge in [-0.1, -0.05) is 6.07 Å². The Morgan fingerprint density at radius 1 is 1.05 bits per heavy atom. The molecule has 2 aromatic carbocycles. The molecule has 0 aliphatic heterocycles. The van der Waals surface area contributed by atoms with E-state index < -0.39 is 0 Å². The van der Waals surface area contributed by atoms with Gasteiger partial charge in [0.2, 0.25) is 0 Å². The summed E-state index contributed by atoms with van der Waals surface area (Å²) in [7, 11) is 1.85. The summed E-state index contributed by atoms with van der Waals surface area (Å²) >= 11 is 1.65. The molecular formula is C15H16N2OS. The first kappa shape index (κ1) is 13.5. The first-order valence-corrected chi connectivity index (χ1v) is 7.18. The second kappa shape index (κ2) is 6.29. The average Bonchev–Trinajstić information content (AvgIpc) is 2.47. The van der Waals surface area contributed by atoms with Gasteiger partial charge in [0.1, 0.15) is 0 Å². The normalized spacial score (nSPS) is 10.0. The molecule has 2 rings (SSSR count). The number of carbonyl (C=O) groups excluding carboxylic acids is 1. The van der Waals surface area contributed by atoms with Crippen molar-refractivity contribution in [2.75, 3.05) is 23.9 Å². The zero-order valence-corrected chi connectivity index (χ0v) is 11.8. The molecule has 0 saturated carbocycles. The van der Waals surface area contributed by atoms with Gasteiger partial charge in [0.05, 0.1) is 0 Å². The number of rotatable bonds is 4. The second-order valence-corrected chi connectivity index (χ2v) is 4.89. The molecule has 98 valence electrons. The molecule has 2 aromatic rings. The SMILES string of the molecule is CNc1ccc(C(=O)Nc2cccc(SC)c2)cc1. The maximum Gasteiger partial charge on any atom is 0.255 e. The van der Waals surface area contributed by atoms with Crippen molar-refractivity contribution in [2.45, 2.75) is 4.90 Å². The lowest BCUT2D eigenvalue weighted by molar-refractivity contribution is 0.102. The fourth-order valence-electron chi connectivity index (χ4n) is 1.69. The van der Waals surface area contributed by atoms with Gasteiger partial charge in [0.15, 0.2) is 0 Å². The molecule has 0 unspecified atom stereocenters. The van der Waals surface area contributed by atoms with E-state index in [1.807, 2.05) is 49.7 Å². The van der Waals surface area contributed by atoms with E-state index in [9.17, 15) is 4.79 Å². The predicted octanol–water partition coefficient (Wildman–Crippen LogP) is 3.70. The van der Waals surface area contributed by atoms with Gasteiger partial charge < -0.3 is 10.6 Å². The lowest BCUT2D eigenvalue weighted by Crippen LogP contribution is -2.11. The minimum absolute atomic E-state index is 0.0964. The first-order valence-electron chi connectivity index (χ1n) is 5.96. The molecule has 3 nitrogen and oxygen atoms in total. The van der Waals surface area contributed by atoms with E-state index in [0.717, 1.165) is 16.3 Å². The number of anilines is 2. The van der Waals surface area contributed by atoms with Crippen LogP contribution in [0.15, 0.2) is 53.4 Å². The summed E-state index contributed by atoms with van der Waals surface area (Å²) in [5.74, 6) is -0.0964. The van der Waals surface area contributed by atoms with Crippen LogP contribution in [-0.2, 0) is 0 Å². The average molecular weight is 272 g/mol. The number of thioether (sulfide) groups is 1. The third-order valence-electron chi connectivity index (χ3n) is 2.76. The highest BCUT2D eigenvalue weighted by atomic mass is 32.2. The van der Waals surface area contributed by atoms with Gasteiger partial charge in [-0.15, -0.1) is 11.8 Å². The molecule has 0 bridgehead atoms. The fourth-order valence-corrected chi connectivity index (χ4v) is 2.15. The molecule has 0 atom stereocenters. The molecule has 0 aliphatic rings. The van der Waals surface area contributed by atoms with Gasteiger partial charge in [-0.05, 0) is 48.7 Å². The summed E-state index contributed by atoms with van der Waals surface area (Å²) < 4.78 is 0. The molecule has 0 saturated heterocycles. The maximum absolute atomic E-state index is 12.1. The highest BCUT2D eigenvalue weighted by molar-refractivity contribution is 7.98. The lowest BCUT2D eigenvalue weighted by atomic mass is 10.2. The Bertz CT molecular complexity index is 567. The summed E-state index contributed by atoms with van der Waals surface area (Å²) in [6, 6.07) is 15.2. The molecule has 0 fully saturated rings. The van der Waals surface area contributed by atoms with Crippen LogP contribution in [0.5, 0.6) is 0 Å². The quantitative estimate of drug-likeness (QED) is 0.834. The highest BCUT2D eigenvalue weighted by Gasteiger charge is 2.06. The molecule has 0 heterocycles. The van der Waals surface area contributed by atoms with Crippen LogP contribution >= 0.6 is 11.8 Å². The van der Waals surface area contributed by atoms with E-state index >= 15 is 0 Å². The minimum Gasteiger partial charge on any atom is -0.388 e. The zero-order valence-electron chi connectivity index (χ0n) is 10.9. The molecule has 2 N–H and O–H groups in total. The van der Waals surface area contributed by atoms with Gasteiger partial charge in [-0.25, -0.2) is 0 Å². The smallest absolute Gasteiger partial charge is 0.255 e. The van der Waals surface area contributed by atoms with Crippen molar-refractivity contribution in [2.24, 2.45) is 0 Å². The highest BCUT2D eigenvalue weighted by Crippen LogP contribution is 2.19. The van der Waals surface area contributed by atoms with Crippen molar-refractivity contribution < 1.29 is 4.79 Å². The van der Waals surface area contributed by atoms with Crippen molar-refractivity contribution in [3.05, 3.63) is 54.1 Å². The predicted molar refractivity (Wildman–Crippen MR) is 82.2 cm³/mol. The topological polar surface area (TPSA) is 41.1 Å². The zero-order chi connectivity index (χ0) is 13.7. The standard InChI is InChI=1S/C15H16N2OS/c1-16-12-8-6-11(7-9-12)15(18)17-13-4-3-5-14(10-13)19-2/h3-10,16H,1-2H3,(H,17,18). The number of carbonyl (C=O) groups is 1. The van der Waals surface area contributed by atoms with E-state index in [4.69, 9.17) is 0 Å². The largest absolute Gasteiger partial charge is 0.388 e. The molecule has 4 heteroatoms. The summed E-state index contributed by atoms with van der Waals surface area (Å²) in [5.41, 5.74) is 2.45. The van der Waals surface area contributed by atoms with Crippen LogP contribution in [0, 0.1) is 0 Å². The summed E-state index contributed by atoms with van der Waals surface area (Å²) in [5, 5.41) is 5.92. The molecule has 0 aromatic heterocycles. The van der Waals surface area contributed by atoms with E-state index in [0.29, 0.717) is 5.56 Å². The van der Waals surface area contributed by atoms with Crippen LogP contribution in [0.3, 0.4) is 0 Å². The summed E-state index contributed by atoms with van der Waals surface area (Å²) in [4.78, 5) is 13.2. The van der Waals surface area contributed by atoms with Crippen LogP contribution in [0.25, 0.3) is 0 Å². The van der Waals surface area contributed by atoms with Gasteiger partial charge >= 0.3 is 0 Å². The number of hydrogen-bond donors (Lipinski definition) is 2. The monoisotopic (exact) mass is 272 g/mol. The summed E-state index contributed by atoms with van der Waals surface area (Å²) in [6.45, 7) is 0. The first-order chi connectivity index (χ1) is 9.22. The van der Waals surface area contributed by atoms with Gasteiger partial charge in [-0.2, -0.15) is 0 Å². The minimum atomic E-state index is -0.0964. The van der Waals surface area contributed by atoms with E-state index in [-0.39, 0.29) is 5.91 Å². The van der Waals surface area contributed by atoms with Crippen LogP contribution in [-0.4, -0.2) is 19.2 Å². The Labute approximate surface area is 117 Å². The van der Waals surface area contributed by atoms with Crippen molar-refractivity contribution in [1.82, 2.24) is 0 Å². The van der Waals surface area contributed by atoms with Crippen molar-refractivity contribution in [3.8, 4) is 0 Å². The number of hydrogen-bond acceptors (Lipinski definition) is 3. The third kappa shape index (κ3) is 3.51. The number of nitrogens with one attached hydrogen (secondary N) is 2. The molecule has 0 radical (unpaired) electrons. The fraction of sp³-hybridized carbons (Fsp3) is 0.133.